The molecule has 2 aromatic rings. The topological polar surface area (TPSA) is 32.9 Å². The van der Waals surface area contributed by atoms with Gasteiger partial charge in [0.15, 0.2) is 5.43 Å². The van der Waals surface area contributed by atoms with Gasteiger partial charge in [0.1, 0.15) is 5.82 Å². The lowest BCUT2D eigenvalue weighted by molar-refractivity contribution is 0.629. The average Bonchev–Trinajstić information content (AvgIpc) is 2.13. The predicted octanol–water partition coefficient (Wildman–Crippen LogP) is 2.94. The molecule has 0 fully saturated rings. The van der Waals surface area contributed by atoms with Gasteiger partial charge in [0, 0.05) is 11.3 Å². The number of aromatic nitrogens is 1. The summed E-state index contributed by atoms with van der Waals surface area (Å²) in [7, 11) is 0. The second-order valence-corrected chi connectivity index (χ2v) is 3.92. The number of pyridine rings is 1. The maximum absolute atomic E-state index is 13.1. The second-order valence-electron chi connectivity index (χ2n) is 3.51. The molecule has 0 aliphatic carbocycles. The number of H-pyrrole nitrogens is 1. The molecule has 0 aliphatic rings. The third kappa shape index (κ3) is 1.53. The van der Waals surface area contributed by atoms with Crippen molar-refractivity contribution in [3.05, 3.63) is 44.5 Å². The van der Waals surface area contributed by atoms with Gasteiger partial charge in [-0.05, 0) is 26.0 Å². The molecule has 0 saturated carbocycles. The summed E-state index contributed by atoms with van der Waals surface area (Å²) in [5, 5.41) is 0.496. The van der Waals surface area contributed by atoms with E-state index in [4.69, 9.17) is 11.6 Å². The lowest BCUT2D eigenvalue weighted by Crippen LogP contribution is -2.10. The van der Waals surface area contributed by atoms with Crippen LogP contribution < -0.4 is 5.43 Å². The number of aryl methyl sites for hydroxylation is 1. The zero-order valence-corrected chi connectivity index (χ0v) is 9.07. The number of fused-ring (bicyclic) bond motifs is 1. The highest BCUT2D eigenvalue weighted by molar-refractivity contribution is 6.35. The van der Waals surface area contributed by atoms with Crippen LogP contribution in [0.4, 0.5) is 4.39 Å². The van der Waals surface area contributed by atoms with Crippen molar-refractivity contribution in [1.82, 2.24) is 4.98 Å². The zero-order valence-electron chi connectivity index (χ0n) is 8.32. The first-order chi connectivity index (χ1) is 7.00. The maximum atomic E-state index is 13.1. The Labute approximate surface area is 90.7 Å². The molecule has 0 bridgehead atoms. The van der Waals surface area contributed by atoms with Gasteiger partial charge in [-0.25, -0.2) is 4.39 Å². The molecule has 0 saturated heterocycles. The van der Waals surface area contributed by atoms with Crippen molar-refractivity contribution in [2.75, 3.05) is 0 Å². The van der Waals surface area contributed by atoms with Gasteiger partial charge < -0.3 is 4.98 Å². The minimum Gasteiger partial charge on any atom is -0.358 e. The smallest absolute Gasteiger partial charge is 0.194 e. The Morgan fingerprint density at radius 1 is 1.33 bits per heavy atom. The normalized spacial score (nSPS) is 10.9. The van der Waals surface area contributed by atoms with Crippen molar-refractivity contribution in [2.24, 2.45) is 0 Å². The number of hydrogen-bond donors (Lipinski definition) is 1. The van der Waals surface area contributed by atoms with E-state index in [0.29, 0.717) is 16.5 Å². The average molecular weight is 226 g/mol. The molecule has 0 spiro atoms. The van der Waals surface area contributed by atoms with Crippen molar-refractivity contribution >= 4 is 22.5 Å². The number of rotatable bonds is 0. The second kappa shape index (κ2) is 3.35. The lowest BCUT2D eigenvalue weighted by Gasteiger charge is -2.05. The van der Waals surface area contributed by atoms with E-state index in [2.05, 4.69) is 4.98 Å². The minimum absolute atomic E-state index is 0.147. The van der Waals surface area contributed by atoms with Gasteiger partial charge in [0.25, 0.3) is 0 Å². The van der Waals surface area contributed by atoms with Crippen LogP contribution in [0.3, 0.4) is 0 Å². The molecule has 2 rings (SSSR count). The summed E-state index contributed by atoms with van der Waals surface area (Å²) < 4.78 is 13.1. The molecule has 78 valence electrons. The van der Waals surface area contributed by atoms with Crippen LogP contribution in [-0.4, -0.2) is 4.98 Å². The molecule has 0 amide bonds. The molecule has 1 N–H and O–H groups in total. The van der Waals surface area contributed by atoms with Gasteiger partial charge >= 0.3 is 0 Å². The largest absolute Gasteiger partial charge is 0.358 e. The quantitative estimate of drug-likeness (QED) is 0.735. The molecule has 1 heterocycles. The minimum atomic E-state index is -0.452. The number of hydrogen-bond acceptors (Lipinski definition) is 1. The molecule has 0 radical (unpaired) electrons. The first kappa shape index (κ1) is 10.2. The van der Waals surface area contributed by atoms with E-state index in [1.54, 1.807) is 13.8 Å². The van der Waals surface area contributed by atoms with Gasteiger partial charge in [-0.1, -0.05) is 11.6 Å². The highest BCUT2D eigenvalue weighted by atomic mass is 35.5. The van der Waals surface area contributed by atoms with Crippen LogP contribution in [0, 0.1) is 19.7 Å². The number of halogens is 2. The standard InChI is InChI=1S/C11H9ClFNO/c1-5-6(2)14-9-4-7(13)3-8(12)10(9)11(5)15/h3-4H,1-2H3,(H,14,15). The zero-order chi connectivity index (χ0) is 11.2. The highest BCUT2D eigenvalue weighted by Gasteiger charge is 2.10. The van der Waals surface area contributed by atoms with Gasteiger partial charge in [0.2, 0.25) is 0 Å². The summed E-state index contributed by atoms with van der Waals surface area (Å²) in [6.45, 7) is 3.49. The summed E-state index contributed by atoms with van der Waals surface area (Å²) in [5.41, 5.74) is 1.63. The molecular weight excluding hydrogens is 217 g/mol. The van der Waals surface area contributed by atoms with E-state index in [9.17, 15) is 9.18 Å². The Morgan fingerprint density at radius 3 is 2.67 bits per heavy atom. The van der Waals surface area contributed by atoms with Crippen LogP contribution in [0.25, 0.3) is 10.9 Å². The number of aromatic amines is 1. The van der Waals surface area contributed by atoms with Crippen molar-refractivity contribution in [3.8, 4) is 0 Å². The molecule has 4 heteroatoms. The number of nitrogens with one attached hydrogen (secondary N) is 1. The van der Waals surface area contributed by atoms with Crippen LogP contribution in [0.1, 0.15) is 11.3 Å². The van der Waals surface area contributed by atoms with E-state index in [-0.39, 0.29) is 10.5 Å². The molecular formula is C11H9ClFNO. The Balaban J connectivity index is 3.06. The van der Waals surface area contributed by atoms with Crippen LogP contribution >= 0.6 is 11.6 Å². The first-order valence-corrected chi connectivity index (χ1v) is 4.86. The van der Waals surface area contributed by atoms with E-state index in [1.165, 1.54) is 6.07 Å². The van der Waals surface area contributed by atoms with Gasteiger partial charge in [0.05, 0.1) is 15.9 Å². The monoisotopic (exact) mass is 225 g/mol. The Bertz CT molecular complexity index is 604. The third-order valence-corrected chi connectivity index (χ3v) is 2.81. The SMILES string of the molecule is Cc1[nH]c2cc(F)cc(Cl)c2c(=O)c1C. The molecule has 0 atom stereocenters. The summed E-state index contributed by atoms with van der Waals surface area (Å²) in [6, 6.07) is 2.42. The van der Waals surface area contributed by atoms with Crippen molar-refractivity contribution in [3.63, 3.8) is 0 Å². The highest BCUT2D eigenvalue weighted by Crippen LogP contribution is 2.21. The molecule has 2 nitrogen and oxygen atoms in total. The molecule has 1 aromatic carbocycles. The van der Waals surface area contributed by atoms with E-state index >= 15 is 0 Å². The summed E-state index contributed by atoms with van der Waals surface area (Å²) in [6.07, 6.45) is 0. The number of benzene rings is 1. The fourth-order valence-corrected chi connectivity index (χ4v) is 1.85. The Hall–Kier alpha value is -1.35. The predicted molar refractivity (Wildman–Crippen MR) is 59.0 cm³/mol. The van der Waals surface area contributed by atoms with Gasteiger partial charge in [-0.3, -0.25) is 4.79 Å². The van der Waals surface area contributed by atoms with Crippen LogP contribution in [0.5, 0.6) is 0 Å². The fourth-order valence-electron chi connectivity index (χ4n) is 1.56. The molecule has 0 unspecified atom stereocenters. The van der Waals surface area contributed by atoms with Crippen molar-refractivity contribution in [1.29, 1.82) is 0 Å². The summed E-state index contributed by atoms with van der Waals surface area (Å²) >= 11 is 5.83. The van der Waals surface area contributed by atoms with Crippen molar-refractivity contribution < 1.29 is 4.39 Å². The van der Waals surface area contributed by atoms with E-state index in [1.807, 2.05) is 0 Å². The molecule has 15 heavy (non-hydrogen) atoms. The molecule has 0 aliphatic heterocycles. The Kier molecular flexibility index (Phi) is 2.27. The van der Waals surface area contributed by atoms with Gasteiger partial charge in [-0.2, -0.15) is 0 Å². The third-order valence-electron chi connectivity index (χ3n) is 2.51. The molecule has 1 aromatic heterocycles. The Morgan fingerprint density at radius 2 is 2.00 bits per heavy atom. The maximum Gasteiger partial charge on any atom is 0.194 e. The first-order valence-electron chi connectivity index (χ1n) is 4.49. The van der Waals surface area contributed by atoms with Gasteiger partial charge in [-0.15, -0.1) is 0 Å². The van der Waals surface area contributed by atoms with Crippen LogP contribution in [0.2, 0.25) is 5.02 Å². The van der Waals surface area contributed by atoms with Crippen LogP contribution in [0.15, 0.2) is 16.9 Å². The van der Waals surface area contributed by atoms with E-state index < -0.39 is 5.82 Å². The summed E-state index contributed by atoms with van der Waals surface area (Å²) in [4.78, 5) is 14.8. The fraction of sp³-hybridized carbons (Fsp3) is 0.182. The lowest BCUT2D eigenvalue weighted by atomic mass is 10.1. The van der Waals surface area contributed by atoms with Crippen molar-refractivity contribution in [2.45, 2.75) is 13.8 Å². The van der Waals surface area contributed by atoms with E-state index in [0.717, 1.165) is 11.8 Å². The summed E-state index contributed by atoms with van der Waals surface area (Å²) in [5.74, 6) is -0.452. The van der Waals surface area contributed by atoms with Crippen LogP contribution in [-0.2, 0) is 0 Å².